The molecule has 5 nitrogen and oxygen atoms in total. The van der Waals surface area contributed by atoms with E-state index in [0.717, 1.165) is 17.7 Å². The van der Waals surface area contributed by atoms with Gasteiger partial charge in [-0.05, 0) is 13.3 Å². The maximum atomic E-state index is 9.68. The molecular formula is C8H10N4O. The molecule has 0 aromatic carbocycles. The van der Waals surface area contributed by atoms with Crippen LogP contribution in [0.4, 0.5) is 0 Å². The summed E-state index contributed by atoms with van der Waals surface area (Å²) >= 11 is 0. The van der Waals surface area contributed by atoms with Gasteiger partial charge in [0, 0.05) is 5.56 Å². The minimum absolute atomic E-state index is 0.124. The summed E-state index contributed by atoms with van der Waals surface area (Å²) in [6.45, 7) is 3.81. The first kappa shape index (κ1) is 7.97. The molecule has 0 amide bonds. The van der Waals surface area contributed by atoms with E-state index >= 15 is 0 Å². The van der Waals surface area contributed by atoms with Gasteiger partial charge in [0.1, 0.15) is 6.33 Å². The fourth-order valence-electron chi connectivity index (χ4n) is 1.30. The third-order valence-corrected chi connectivity index (χ3v) is 2.07. The number of hydrogen-bond acceptors (Lipinski definition) is 4. The lowest BCUT2D eigenvalue weighted by Gasteiger charge is -2.04. The fraction of sp³-hybridized carbons (Fsp3) is 0.375. The Hall–Kier alpha value is -1.65. The molecule has 0 bridgehead atoms. The van der Waals surface area contributed by atoms with Crippen LogP contribution in [0.2, 0.25) is 0 Å². The van der Waals surface area contributed by atoms with Crippen LogP contribution in [0, 0.1) is 6.92 Å². The topological polar surface area (TPSA) is 63.3 Å². The third-order valence-electron chi connectivity index (χ3n) is 2.07. The summed E-state index contributed by atoms with van der Waals surface area (Å²) in [5.41, 5.74) is 1.62. The van der Waals surface area contributed by atoms with E-state index in [4.69, 9.17) is 0 Å². The number of aryl methyl sites for hydroxylation is 1. The molecule has 0 fully saturated rings. The summed E-state index contributed by atoms with van der Waals surface area (Å²) in [7, 11) is 0. The number of rotatable bonds is 1. The molecule has 0 radical (unpaired) electrons. The van der Waals surface area contributed by atoms with Crippen LogP contribution in [0.5, 0.6) is 5.88 Å². The van der Waals surface area contributed by atoms with Gasteiger partial charge in [-0.3, -0.25) is 0 Å². The van der Waals surface area contributed by atoms with Gasteiger partial charge >= 0.3 is 0 Å². The van der Waals surface area contributed by atoms with Crippen molar-refractivity contribution in [3.05, 3.63) is 17.6 Å². The highest BCUT2D eigenvalue weighted by Crippen LogP contribution is 2.18. The monoisotopic (exact) mass is 178 g/mol. The van der Waals surface area contributed by atoms with Crippen LogP contribution in [-0.4, -0.2) is 24.7 Å². The van der Waals surface area contributed by atoms with Crippen LogP contribution in [-0.2, 0) is 6.42 Å². The summed E-state index contributed by atoms with van der Waals surface area (Å²) in [5, 5.41) is 13.5. The summed E-state index contributed by atoms with van der Waals surface area (Å²) in [5.74, 6) is 0.569. The Morgan fingerprint density at radius 1 is 1.54 bits per heavy atom. The third kappa shape index (κ3) is 1.04. The van der Waals surface area contributed by atoms with E-state index in [2.05, 4.69) is 15.1 Å². The van der Waals surface area contributed by atoms with Crippen molar-refractivity contribution in [1.29, 1.82) is 0 Å². The Bertz CT molecular complexity index is 449. The Morgan fingerprint density at radius 2 is 2.31 bits per heavy atom. The van der Waals surface area contributed by atoms with E-state index in [0.29, 0.717) is 5.78 Å². The van der Waals surface area contributed by atoms with Crippen LogP contribution in [0.3, 0.4) is 0 Å². The average molecular weight is 178 g/mol. The van der Waals surface area contributed by atoms with Crippen molar-refractivity contribution in [3.8, 4) is 5.88 Å². The zero-order valence-electron chi connectivity index (χ0n) is 7.52. The molecule has 0 saturated carbocycles. The first-order valence-corrected chi connectivity index (χ1v) is 4.12. The highest BCUT2D eigenvalue weighted by Gasteiger charge is 2.10. The molecule has 2 aromatic heterocycles. The molecular weight excluding hydrogens is 168 g/mol. The summed E-state index contributed by atoms with van der Waals surface area (Å²) in [6, 6.07) is 0. The van der Waals surface area contributed by atoms with Gasteiger partial charge in [0.2, 0.25) is 5.88 Å². The van der Waals surface area contributed by atoms with Crippen molar-refractivity contribution in [2.45, 2.75) is 20.3 Å². The molecule has 68 valence electrons. The van der Waals surface area contributed by atoms with Crippen LogP contribution < -0.4 is 0 Å². The zero-order chi connectivity index (χ0) is 9.42. The highest BCUT2D eigenvalue weighted by molar-refractivity contribution is 5.38. The predicted octanol–water partition coefficient (Wildman–Crippen LogP) is 0.701. The second-order valence-electron chi connectivity index (χ2n) is 2.83. The molecule has 0 saturated heterocycles. The number of fused-ring (bicyclic) bond motifs is 1. The van der Waals surface area contributed by atoms with Gasteiger partial charge in [-0.2, -0.15) is 14.6 Å². The Kier molecular flexibility index (Phi) is 1.65. The van der Waals surface area contributed by atoms with Crippen LogP contribution in [0.25, 0.3) is 5.78 Å². The lowest BCUT2D eigenvalue weighted by Crippen LogP contribution is -2.00. The molecule has 2 rings (SSSR count). The minimum Gasteiger partial charge on any atom is -0.493 e. The maximum Gasteiger partial charge on any atom is 0.255 e. The molecule has 0 unspecified atom stereocenters. The lowest BCUT2D eigenvalue weighted by molar-refractivity contribution is 0.429. The van der Waals surface area contributed by atoms with E-state index in [-0.39, 0.29) is 5.88 Å². The van der Waals surface area contributed by atoms with Crippen molar-refractivity contribution < 1.29 is 5.11 Å². The fourth-order valence-corrected chi connectivity index (χ4v) is 1.30. The first-order chi connectivity index (χ1) is 6.24. The zero-order valence-corrected chi connectivity index (χ0v) is 7.52. The smallest absolute Gasteiger partial charge is 0.255 e. The van der Waals surface area contributed by atoms with Gasteiger partial charge in [-0.15, -0.1) is 0 Å². The van der Waals surface area contributed by atoms with Crippen LogP contribution in [0.1, 0.15) is 18.2 Å². The van der Waals surface area contributed by atoms with Crippen molar-refractivity contribution in [1.82, 2.24) is 19.6 Å². The summed E-state index contributed by atoms with van der Waals surface area (Å²) in [6.07, 6.45) is 2.16. The largest absolute Gasteiger partial charge is 0.493 e. The molecule has 2 heterocycles. The van der Waals surface area contributed by atoms with Crippen molar-refractivity contribution in [2.24, 2.45) is 0 Å². The van der Waals surface area contributed by atoms with Crippen LogP contribution >= 0.6 is 0 Å². The predicted molar refractivity (Wildman–Crippen MR) is 46.6 cm³/mol. The van der Waals surface area contributed by atoms with E-state index in [1.54, 1.807) is 0 Å². The van der Waals surface area contributed by atoms with Crippen molar-refractivity contribution in [2.75, 3.05) is 0 Å². The molecule has 0 aliphatic rings. The maximum absolute atomic E-state index is 9.68. The standard InChI is InChI=1S/C8H10N4O/c1-3-6-5(2)7(13)12-8(11-6)9-4-10-12/h4,13H,3H2,1-2H3. The Labute approximate surface area is 75.1 Å². The highest BCUT2D eigenvalue weighted by atomic mass is 16.3. The normalized spacial score (nSPS) is 10.9. The SMILES string of the molecule is CCc1nc2ncnn2c(O)c1C. The van der Waals surface area contributed by atoms with Gasteiger partial charge in [0.05, 0.1) is 5.69 Å². The van der Waals surface area contributed by atoms with E-state index in [1.807, 2.05) is 13.8 Å². The summed E-state index contributed by atoms with van der Waals surface area (Å²) < 4.78 is 1.33. The van der Waals surface area contributed by atoms with Crippen LogP contribution in [0.15, 0.2) is 6.33 Å². The van der Waals surface area contributed by atoms with Crippen molar-refractivity contribution in [3.63, 3.8) is 0 Å². The van der Waals surface area contributed by atoms with E-state index in [9.17, 15) is 5.11 Å². The molecule has 0 aliphatic carbocycles. The van der Waals surface area contributed by atoms with E-state index in [1.165, 1.54) is 10.8 Å². The second kappa shape index (κ2) is 2.69. The molecule has 1 N–H and O–H groups in total. The molecule has 13 heavy (non-hydrogen) atoms. The Balaban J connectivity index is 2.83. The molecule has 0 atom stereocenters. The quantitative estimate of drug-likeness (QED) is 0.698. The van der Waals surface area contributed by atoms with Crippen molar-refractivity contribution >= 4 is 5.78 Å². The van der Waals surface area contributed by atoms with Gasteiger partial charge in [0.25, 0.3) is 5.78 Å². The average Bonchev–Trinajstić information content (AvgIpc) is 2.59. The van der Waals surface area contributed by atoms with Gasteiger partial charge in [-0.25, -0.2) is 4.98 Å². The molecule has 0 spiro atoms. The van der Waals surface area contributed by atoms with Gasteiger partial charge < -0.3 is 5.11 Å². The molecule has 2 aromatic rings. The molecule has 5 heteroatoms. The number of aromatic hydroxyl groups is 1. The second-order valence-corrected chi connectivity index (χ2v) is 2.83. The number of aromatic nitrogens is 4. The number of nitrogens with zero attached hydrogens (tertiary/aromatic N) is 4. The van der Waals surface area contributed by atoms with Gasteiger partial charge in [0.15, 0.2) is 0 Å². The van der Waals surface area contributed by atoms with E-state index < -0.39 is 0 Å². The first-order valence-electron chi connectivity index (χ1n) is 4.12. The minimum atomic E-state index is 0.124. The summed E-state index contributed by atoms with van der Waals surface area (Å²) in [4.78, 5) is 8.15. The Morgan fingerprint density at radius 3 is 3.00 bits per heavy atom. The molecule has 0 aliphatic heterocycles. The number of hydrogen-bond donors (Lipinski definition) is 1. The lowest BCUT2D eigenvalue weighted by atomic mass is 10.2. The van der Waals surface area contributed by atoms with Gasteiger partial charge in [-0.1, -0.05) is 6.92 Å².